The lowest BCUT2D eigenvalue weighted by Gasteiger charge is -2.46. The maximum absolute atomic E-state index is 10.5. The van der Waals surface area contributed by atoms with Crippen molar-refractivity contribution in [2.45, 2.75) is 111 Å². The molecule has 6 nitrogen and oxygen atoms in total. The molecule has 1 aliphatic rings. The first-order valence-corrected chi connectivity index (χ1v) is 9.03. The summed E-state index contributed by atoms with van der Waals surface area (Å²) in [6, 6.07) is 0. The zero-order valence-electron chi connectivity index (χ0n) is 16.4. The fourth-order valence-electron chi connectivity index (χ4n) is 2.72. The van der Waals surface area contributed by atoms with Crippen LogP contribution in [0.2, 0.25) is 0 Å². The lowest BCUT2D eigenvalue weighted by atomic mass is 9.97. The second-order valence-corrected chi connectivity index (χ2v) is 7.40. The normalized spacial score (nSPS) is 31.6. The predicted octanol–water partition coefficient (Wildman–Crippen LogP) is 2.51. The molecule has 1 fully saturated rings. The zero-order valence-corrected chi connectivity index (χ0v) is 16.4. The summed E-state index contributed by atoms with van der Waals surface area (Å²) in [4.78, 5) is 0. The van der Waals surface area contributed by atoms with Crippen LogP contribution >= 0.6 is 0 Å². The van der Waals surface area contributed by atoms with E-state index in [1.165, 1.54) is 0 Å². The van der Waals surface area contributed by atoms with Gasteiger partial charge in [0, 0.05) is 0 Å². The van der Waals surface area contributed by atoms with E-state index >= 15 is 0 Å². The van der Waals surface area contributed by atoms with Crippen molar-refractivity contribution in [3.05, 3.63) is 0 Å². The summed E-state index contributed by atoms with van der Waals surface area (Å²) in [6.07, 6.45) is -2.93. The largest absolute Gasteiger partial charge is 0.376 e. The van der Waals surface area contributed by atoms with Crippen LogP contribution in [-0.2, 0) is 23.7 Å². The van der Waals surface area contributed by atoms with Crippen LogP contribution in [0.1, 0.15) is 55.4 Å². The molecule has 0 aromatic heterocycles. The van der Waals surface area contributed by atoms with Gasteiger partial charge in [-0.15, -0.1) is 0 Å². The van der Waals surface area contributed by atoms with Gasteiger partial charge in [-0.25, -0.2) is 0 Å². The van der Waals surface area contributed by atoms with Crippen molar-refractivity contribution in [1.82, 2.24) is 0 Å². The minimum Gasteiger partial charge on any atom is -0.376 e. The van der Waals surface area contributed by atoms with Crippen LogP contribution in [0.3, 0.4) is 0 Å². The molecule has 1 aliphatic heterocycles. The fourth-order valence-corrected chi connectivity index (χ4v) is 2.72. The molecular formula is C18H36O6. The summed E-state index contributed by atoms with van der Waals surface area (Å²) in [5.41, 5.74) is 0. The zero-order chi connectivity index (χ0) is 18.4. The van der Waals surface area contributed by atoms with E-state index in [-0.39, 0.29) is 30.5 Å². The highest BCUT2D eigenvalue weighted by molar-refractivity contribution is 4.93. The topological polar surface area (TPSA) is 66.4 Å². The number of rotatable bonds is 9. The second kappa shape index (κ2) is 10.0. The highest BCUT2D eigenvalue weighted by Crippen LogP contribution is 2.30. The Labute approximate surface area is 146 Å². The van der Waals surface area contributed by atoms with E-state index in [1.54, 1.807) is 0 Å². The maximum Gasteiger partial charge on any atom is 0.184 e. The molecule has 1 saturated heterocycles. The Balaban J connectivity index is 3.02. The van der Waals surface area contributed by atoms with Crippen LogP contribution in [0.4, 0.5) is 0 Å². The van der Waals surface area contributed by atoms with Gasteiger partial charge in [0.2, 0.25) is 0 Å². The van der Waals surface area contributed by atoms with Gasteiger partial charge >= 0.3 is 0 Å². The smallest absolute Gasteiger partial charge is 0.184 e. The first-order valence-electron chi connectivity index (χ1n) is 9.03. The SMILES string of the molecule is CC(C)OC[C@H]1OC(O)[C@@H](OC(C)C)[C@@H](OC(C)C)[C@@H]1OC(C)C. The summed E-state index contributed by atoms with van der Waals surface area (Å²) < 4.78 is 29.5. The molecular weight excluding hydrogens is 312 g/mol. The van der Waals surface area contributed by atoms with Crippen LogP contribution < -0.4 is 0 Å². The van der Waals surface area contributed by atoms with Crippen molar-refractivity contribution in [3.8, 4) is 0 Å². The summed E-state index contributed by atoms with van der Waals surface area (Å²) in [7, 11) is 0. The minimum absolute atomic E-state index is 0.00615. The van der Waals surface area contributed by atoms with Crippen LogP contribution in [0, 0.1) is 0 Å². The lowest BCUT2D eigenvalue weighted by molar-refractivity contribution is -0.324. The molecule has 0 saturated carbocycles. The Kier molecular flexibility index (Phi) is 9.12. The summed E-state index contributed by atoms with van der Waals surface area (Å²) in [5, 5.41) is 10.5. The van der Waals surface area contributed by atoms with Gasteiger partial charge < -0.3 is 28.8 Å². The van der Waals surface area contributed by atoms with E-state index in [0.29, 0.717) is 6.61 Å². The van der Waals surface area contributed by atoms with E-state index in [2.05, 4.69) is 0 Å². The van der Waals surface area contributed by atoms with Gasteiger partial charge in [-0.1, -0.05) is 0 Å². The third kappa shape index (κ3) is 6.94. The molecule has 6 heteroatoms. The van der Waals surface area contributed by atoms with Crippen molar-refractivity contribution in [2.24, 2.45) is 0 Å². The maximum atomic E-state index is 10.5. The number of ether oxygens (including phenoxy) is 5. The van der Waals surface area contributed by atoms with Crippen LogP contribution in [-0.4, -0.2) is 66.8 Å². The highest BCUT2D eigenvalue weighted by Gasteiger charge is 2.48. The van der Waals surface area contributed by atoms with Crippen LogP contribution in [0.25, 0.3) is 0 Å². The van der Waals surface area contributed by atoms with Crippen molar-refractivity contribution < 1.29 is 28.8 Å². The first-order chi connectivity index (χ1) is 11.1. The van der Waals surface area contributed by atoms with Gasteiger partial charge in [-0.3, -0.25) is 0 Å². The standard InChI is InChI=1S/C18H36O6/c1-10(2)20-9-14-15(21-11(3)4)16(22-12(5)6)17(18(19)24-14)23-13(7)8/h10-19H,9H2,1-8H3/t14-,15-,16+,17+,18?/m1/s1. The molecule has 1 rings (SSSR count). The molecule has 0 spiro atoms. The van der Waals surface area contributed by atoms with Gasteiger partial charge in [-0.2, -0.15) is 0 Å². The van der Waals surface area contributed by atoms with Crippen LogP contribution in [0.15, 0.2) is 0 Å². The van der Waals surface area contributed by atoms with E-state index in [1.807, 2.05) is 55.4 Å². The second-order valence-electron chi connectivity index (χ2n) is 7.40. The molecule has 1 heterocycles. The molecule has 1 unspecified atom stereocenters. The van der Waals surface area contributed by atoms with Crippen LogP contribution in [0.5, 0.6) is 0 Å². The predicted molar refractivity (Wildman–Crippen MR) is 92.0 cm³/mol. The van der Waals surface area contributed by atoms with E-state index in [0.717, 1.165) is 0 Å². The van der Waals surface area contributed by atoms with Crippen molar-refractivity contribution in [1.29, 1.82) is 0 Å². The Morgan fingerprint density at radius 2 is 1.17 bits per heavy atom. The molecule has 0 radical (unpaired) electrons. The summed E-state index contributed by atoms with van der Waals surface area (Å²) in [6.45, 7) is 16.0. The lowest BCUT2D eigenvalue weighted by Crippen LogP contribution is -2.62. The van der Waals surface area contributed by atoms with E-state index in [4.69, 9.17) is 23.7 Å². The Morgan fingerprint density at radius 3 is 1.62 bits per heavy atom. The molecule has 0 aromatic rings. The monoisotopic (exact) mass is 348 g/mol. The molecule has 24 heavy (non-hydrogen) atoms. The molecule has 1 N–H and O–H groups in total. The molecule has 0 amide bonds. The van der Waals surface area contributed by atoms with Crippen molar-refractivity contribution in [3.63, 3.8) is 0 Å². The quantitative estimate of drug-likeness (QED) is 0.691. The first kappa shape index (κ1) is 21.8. The molecule has 0 bridgehead atoms. The third-order valence-corrected chi connectivity index (χ3v) is 3.49. The van der Waals surface area contributed by atoms with Gasteiger partial charge in [0.25, 0.3) is 0 Å². The number of hydrogen-bond acceptors (Lipinski definition) is 6. The summed E-state index contributed by atoms with van der Waals surface area (Å²) in [5.74, 6) is 0. The fraction of sp³-hybridized carbons (Fsp3) is 1.00. The van der Waals surface area contributed by atoms with Gasteiger partial charge in [0.05, 0.1) is 31.0 Å². The average Bonchev–Trinajstić information content (AvgIpc) is 2.42. The average molecular weight is 348 g/mol. The molecule has 0 aromatic carbocycles. The van der Waals surface area contributed by atoms with Gasteiger partial charge in [0.15, 0.2) is 6.29 Å². The minimum atomic E-state index is -1.08. The van der Waals surface area contributed by atoms with Crippen molar-refractivity contribution >= 4 is 0 Å². The highest BCUT2D eigenvalue weighted by atomic mass is 16.7. The molecule has 0 aliphatic carbocycles. The van der Waals surface area contributed by atoms with Gasteiger partial charge in [0.1, 0.15) is 24.4 Å². The number of hydrogen-bond donors (Lipinski definition) is 1. The van der Waals surface area contributed by atoms with Crippen molar-refractivity contribution in [2.75, 3.05) is 6.61 Å². The molecule has 5 atom stereocenters. The Hall–Kier alpha value is -0.240. The summed E-state index contributed by atoms with van der Waals surface area (Å²) >= 11 is 0. The van der Waals surface area contributed by atoms with Gasteiger partial charge in [-0.05, 0) is 55.4 Å². The number of aliphatic hydroxyl groups excluding tert-OH is 1. The Morgan fingerprint density at radius 1 is 0.708 bits per heavy atom. The Bertz CT molecular complexity index is 344. The van der Waals surface area contributed by atoms with E-state index < -0.39 is 24.6 Å². The number of aliphatic hydroxyl groups is 1. The molecule has 144 valence electrons. The van der Waals surface area contributed by atoms with E-state index in [9.17, 15) is 5.11 Å². The third-order valence-electron chi connectivity index (χ3n) is 3.49.